The molecule has 0 N–H and O–H groups in total. The highest BCUT2D eigenvalue weighted by Gasteiger charge is 2.15. The number of carbonyl (C=O) groups is 2. The molecule has 0 aliphatic rings. The number of ketones is 1. The SMILES string of the molecule is COCc1cccc(C(=O)OCC(=O)c2ccc(N(C)S(C)(=O)=O)cc2)c1. The molecule has 0 bridgehead atoms. The summed E-state index contributed by atoms with van der Waals surface area (Å²) in [6.45, 7) is -0.0388. The Hall–Kier alpha value is -2.71. The molecule has 7 nitrogen and oxygen atoms in total. The van der Waals surface area contributed by atoms with Gasteiger partial charge in [-0.2, -0.15) is 0 Å². The highest BCUT2D eigenvalue weighted by Crippen LogP contribution is 2.17. The number of Topliss-reactive ketones (excluding diaryl/α,β-unsaturated/α-hetero) is 1. The minimum Gasteiger partial charge on any atom is -0.454 e. The fraction of sp³-hybridized carbons (Fsp3) is 0.263. The van der Waals surface area contributed by atoms with Crippen molar-refractivity contribution in [1.29, 1.82) is 0 Å². The molecule has 144 valence electrons. The Balaban J connectivity index is 1.99. The van der Waals surface area contributed by atoms with Crippen LogP contribution in [0, 0.1) is 0 Å². The number of ether oxygens (including phenoxy) is 2. The maximum Gasteiger partial charge on any atom is 0.338 e. The van der Waals surface area contributed by atoms with Gasteiger partial charge in [0.05, 0.1) is 24.1 Å². The predicted octanol–water partition coefficient (Wildman–Crippen LogP) is 2.27. The average Bonchev–Trinajstić information content (AvgIpc) is 2.65. The van der Waals surface area contributed by atoms with Gasteiger partial charge >= 0.3 is 5.97 Å². The van der Waals surface area contributed by atoms with Crippen LogP contribution in [0.1, 0.15) is 26.3 Å². The number of sulfonamides is 1. The number of nitrogens with zero attached hydrogens (tertiary/aromatic N) is 1. The zero-order valence-electron chi connectivity index (χ0n) is 15.3. The van der Waals surface area contributed by atoms with Crippen LogP contribution < -0.4 is 4.31 Å². The Morgan fingerprint density at radius 3 is 2.30 bits per heavy atom. The molecule has 2 aromatic carbocycles. The van der Waals surface area contributed by atoms with Crippen molar-refractivity contribution >= 4 is 27.5 Å². The summed E-state index contributed by atoms with van der Waals surface area (Å²) in [6.07, 6.45) is 1.09. The Morgan fingerprint density at radius 2 is 1.70 bits per heavy atom. The second-order valence-electron chi connectivity index (χ2n) is 5.91. The monoisotopic (exact) mass is 391 g/mol. The largest absolute Gasteiger partial charge is 0.454 e. The molecule has 0 amide bonds. The lowest BCUT2D eigenvalue weighted by Gasteiger charge is -2.16. The molecule has 0 spiro atoms. The molecule has 27 heavy (non-hydrogen) atoms. The number of benzene rings is 2. The standard InChI is InChI=1S/C19H21NO6S/c1-20(27(3,23)24)17-9-7-15(8-10-17)18(21)13-26-19(22)16-6-4-5-14(11-16)12-25-2/h4-11H,12-13H2,1-3H3. The zero-order valence-corrected chi connectivity index (χ0v) is 16.2. The quantitative estimate of drug-likeness (QED) is 0.507. The lowest BCUT2D eigenvalue weighted by Crippen LogP contribution is -2.24. The molecule has 0 unspecified atom stereocenters. The van der Waals surface area contributed by atoms with E-state index >= 15 is 0 Å². The second kappa shape index (κ2) is 8.79. The number of hydrogen-bond acceptors (Lipinski definition) is 6. The third kappa shape index (κ3) is 5.63. The van der Waals surface area contributed by atoms with Crippen LogP contribution in [0.3, 0.4) is 0 Å². The van der Waals surface area contributed by atoms with Crippen molar-refractivity contribution in [3.8, 4) is 0 Å². The van der Waals surface area contributed by atoms with E-state index in [1.54, 1.807) is 25.3 Å². The molecule has 2 rings (SSSR count). The van der Waals surface area contributed by atoms with Crippen molar-refractivity contribution in [2.75, 3.05) is 31.3 Å². The molecule has 0 aliphatic heterocycles. The summed E-state index contributed by atoms with van der Waals surface area (Å²) in [7, 11) is -0.398. The molecular formula is C19H21NO6S. The third-order valence-corrected chi connectivity index (χ3v) is 5.06. The van der Waals surface area contributed by atoms with Crippen molar-refractivity contribution in [1.82, 2.24) is 0 Å². The number of hydrogen-bond donors (Lipinski definition) is 0. The summed E-state index contributed by atoms with van der Waals surface area (Å²) in [5, 5.41) is 0. The van der Waals surface area contributed by atoms with Crippen LogP contribution >= 0.6 is 0 Å². The molecule has 0 atom stereocenters. The molecule has 2 aromatic rings. The van der Waals surface area contributed by atoms with Crippen LogP contribution in [0.2, 0.25) is 0 Å². The van der Waals surface area contributed by atoms with Gasteiger partial charge in [-0.15, -0.1) is 0 Å². The van der Waals surface area contributed by atoms with Crippen molar-refractivity contribution in [3.63, 3.8) is 0 Å². The number of carbonyl (C=O) groups excluding carboxylic acids is 2. The number of methoxy groups -OCH3 is 1. The number of esters is 1. The highest BCUT2D eigenvalue weighted by atomic mass is 32.2. The first-order valence-electron chi connectivity index (χ1n) is 8.04. The fourth-order valence-corrected chi connectivity index (χ4v) is 2.81. The molecule has 0 radical (unpaired) electrons. The predicted molar refractivity (Wildman–Crippen MR) is 101 cm³/mol. The molecule has 0 aliphatic carbocycles. The lowest BCUT2D eigenvalue weighted by atomic mass is 10.1. The summed E-state index contributed by atoms with van der Waals surface area (Å²) < 4.78 is 34.2. The van der Waals surface area contributed by atoms with E-state index in [0.717, 1.165) is 16.1 Å². The normalized spacial score (nSPS) is 11.1. The van der Waals surface area contributed by atoms with Gasteiger partial charge in [0, 0.05) is 19.7 Å². The van der Waals surface area contributed by atoms with Crippen LogP contribution in [0.15, 0.2) is 48.5 Å². The summed E-state index contributed by atoms with van der Waals surface area (Å²) in [4.78, 5) is 24.3. The Morgan fingerprint density at radius 1 is 1.04 bits per heavy atom. The van der Waals surface area contributed by atoms with Gasteiger partial charge in [-0.1, -0.05) is 12.1 Å². The van der Waals surface area contributed by atoms with E-state index in [0.29, 0.717) is 23.4 Å². The molecule has 0 saturated carbocycles. The summed E-state index contributed by atoms with van der Waals surface area (Å²) in [5.41, 5.74) is 1.91. The van der Waals surface area contributed by atoms with Gasteiger partial charge < -0.3 is 9.47 Å². The molecule has 0 fully saturated rings. The first-order chi connectivity index (χ1) is 12.7. The van der Waals surface area contributed by atoms with Crippen LogP contribution in [0.25, 0.3) is 0 Å². The van der Waals surface area contributed by atoms with E-state index < -0.39 is 22.6 Å². The van der Waals surface area contributed by atoms with Gasteiger partial charge in [0.2, 0.25) is 10.0 Å². The van der Waals surface area contributed by atoms with Crippen molar-refractivity contribution in [2.24, 2.45) is 0 Å². The van der Waals surface area contributed by atoms with Gasteiger partial charge in [-0.05, 0) is 42.0 Å². The number of anilines is 1. The van der Waals surface area contributed by atoms with Gasteiger partial charge in [0.25, 0.3) is 0 Å². The van der Waals surface area contributed by atoms with E-state index in [-0.39, 0.29) is 5.78 Å². The third-order valence-electron chi connectivity index (χ3n) is 3.86. The summed E-state index contributed by atoms with van der Waals surface area (Å²) >= 11 is 0. The Labute approximate surface area is 158 Å². The van der Waals surface area contributed by atoms with E-state index in [9.17, 15) is 18.0 Å². The topological polar surface area (TPSA) is 90.0 Å². The van der Waals surface area contributed by atoms with E-state index in [4.69, 9.17) is 9.47 Å². The summed E-state index contributed by atoms with van der Waals surface area (Å²) in [6, 6.07) is 12.8. The molecule has 0 saturated heterocycles. The minimum atomic E-state index is -3.38. The van der Waals surface area contributed by atoms with Gasteiger partial charge in [-0.25, -0.2) is 13.2 Å². The Kier molecular flexibility index (Phi) is 6.70. The van der Waals surface area contributed by atoms with Crippen molar-refractivity contribution in [3.05, 3.63) is 65.2 Å². The van der Waals surface area contributed by atoms with E-state index in [1.165, 1.54) is 31.3 Å². The Bertz CT molecular complexity index is 921. The first kappa shape index (κ1) is 20.6. The van der Waals surface area contributed by atoms with Crippen LogP contribution in [0.5, 0.6) is 0 Å². The highest BCUT2D eigenvalue weighted by molar-refractivity contribution is 7.92. The smallest absolute Gasteiger partial charge is 0.338 e. The maximum atomic E-state index is 12.2. The zero-order chi connectivity index (χ0) is 20.0. The molecule has 8 heteroatoms. The average molecular weight is 391 g/mol. The van der Waals surface area contributed by atoms with Crippen molar-refractivity contribution in [2.45, 2.75) is 6.61 Å². The molecule has 0 aromatic heterocycles. The second-order valence-corrected chi connectivity index (χ2v) is 7.92. The van der Waals surface area contributed by atoms with Crippen molar-refractivity contribution < 1.29 is 27.5 Å². The van der Waals surface area contributed by atoms with E-state index in [2.05, 4.69) is 0 Å². The van der Waals surface area contributed by atoms with Gasteiger partial charge in [0.15, 0.2) is 12.4 Å². The van der Waals surface area contributed by atoms with Crippen LogP contribution in [0.4, 0.5) is 5.69 Å². The maximum absolute atomic E-state index is 12.2. The first-order valence-corrected chi connectivity index (χ1v) is 9.89. The fourth-order valence-electron chi connectivity index (χ4n) is 2.30. The minimum absolute atomic E-state index is 0.321. The summed E-state index contributed by atoms with van der Waals surface area (Å²) in [5.74, 6) is -0.986. The van der Waals surface area contributed by atoms with Gasteiger partial charge in [-0.3, -0.25) is 9.10 Å². The molecular weight excluding hydrogens is 370 g/mol. The van der Waals surface area contributed by atoms with E-state index in [1.807, 2.05) is 6.07 Å². The lowest BCUT2D eigenvalue weighted by molar-refractivity contribution is 0.0474. The molecule has 0 heterocycles. The number of rotatable bonds is 8. The van der Waals surface area contributed by atoms with Gasteiger partial charge in [0.1, 0.15) is 0 Å². The van der Waals surface area contributed by atoms with Crippen LogP contribution in [-0.4, -0.2) is 47.2 Å². The van der Waals surface area contributed by atoms with Crippen LogP contribution in [-0.2, 0) is 26.1 Å².